The number of nitro groups is 1. The van der Waals surface area contributed by atoms with E-state index in [0.717, 1.165) is 30.1 Å². The lowest BCUT2D eigenvalue weighted by Crippen LogP contribution is -2.36. The maximum Gasteiger partial charge on any atom is 0.335 e. The van der Waals surface area contributed by atoms with E-state index in [9.17, 15) is 18.5 Å². The molecule has 10 nitrogen and oxygen atoms in total. The molecule has 0 radical (unpaired) electrons. The molecule has 0 fully saturated rings. The van der Waals surface area contributed by atoms with Gasteiger partial charge in [0.25, 0.3) is 5.88 Å². The molecule has 0 aliphatic carbocycles. The zero-order valence-corrected chi connectivity index (χ0v) is 17.7. The lowest BCUT2D eigenvalue weighted by molar-refractivity contribution is -0.386. The number of fused-ring (bicyclic) bond motifs is 3. The maximum absolute atomic E-state index is 12.2. The fourth-order valence-corrected chi connectivity index (χ4v) is 5.04. The summed E-state index contributed by atoms with van der Waals surface area (Å²) in [4.78, 5) is 26.0. The van der Waals surface area contributed by atoms with E-state index in [1.54, 1.807) is 31.5 Å². The molecule has 0 spiro atoms. The number of benzene rings is 1. The fraction of sp³-hybridized carbons (Fsp3) is 0.350. The minimum absolute atomic E-state index is 0.0490. The second-order valence-electron chi connectivity index (χ2n) is 7.25. The molecule has 31 heavy (non-hydrogen) atoms. The van der Waals surface area contributed by atoms with Crippen LogP contribution in [0.15, 0.2) is 40.4 Å². The van der Waals surface area contributed by atoms with Crippen LogP contribution in [-0.4, -0.2) is 54.2 Å². The highest BCUT2D eigenvalue weighted by Gasteiger charge is 2.28. The summed E-state index contributed by atoms with van der Waals surface area (Å²) in [5.41, 5.74) is 1.10. The molecule has 0 N–H and O–H groups in total. The van der Waals surface area contributed by atoms with Gasteiger partial charge >= 0.3 is 5.69 Å². The van der Waals surface area contributed by atoms with Crippen molar-refractivity contribution in [3.63, 3.8) is 0 Å². The van der Waals surface area contributed by atoms with Crippen LogP contribution in [0, 0.1) is 10.1 Å². The molecule has 0 unspecified atom stereocenters. The van der Waals surface area contributed by atoms with E-state index >= 15 is 0 Å². The van der Waals surface area contributed by atoms with Gasteiger partial charge in [-0.2, -0.15) is 0 Å². The molecule has 11 heteroatoms. The van der Waals surface area contributed by atoms with Crippen molar-refractivity contribution in [1.82, 2.24) is 9.88 Å². The Bertz CT molecular complexity index is 1190. The largest absolute Gasteiger partial charge is 0.434 e. The predicted molar refractivity (Wildman–Crippen MR) is 116 cm³/mol. The molecule has 2 aliphatic rings. The van der Waals surface area contributed by atoms with Crippen LogP contribution in [0.3, 0.4) is 0 Å². The number of nitrogens with zero attached hydrogens (tertiary/aromatic N) is 5. The van der Waals surface area contributed by atoms with Crippen molar-refractivity contribution in [3.8, 4) is 11.6 Å². The van der Waals surface area contributed by atoms with Crippen molar-refractivity contribution >= 4 is 33.4 Å². The molecule has 1 aromatic carbocycles. The average molecular weight is 443 g/mol. The molecule has 0 bridgehead atoms. The van der Waals surface area contributed by atoms with Gasteiger partial charge in [0.15, 0.2) is 9.84 Å². The molecule has 3 heterocycles. The third-order valence-electron chi connectivity index (χ3n) is 4.90. The first-order valence-electron chi connectivity index (χ1n) is 9.88. The number of sulfone groups is 1. The summed E-state index contributed by atoms with van der Waals surface area (Å²) >= 11 is 0. The van der Waals surface area contributed by atoms with Gasteiger partial charge < -0.3 is 9.64 Å². The van der Waals surface area contributed by atoms with Crippen LogP contribution in [0.25, 0.3) is 0 Å². The van der Waals surface area contributed by atoms with Crippen molar-refractivity contribution in [3.05, 3.63) is 51.7 Å². The number of aliphatic imine (C=N–C) groups is 2. The predicted octanol–water partition coefficient (Wildman–Crippen LogP) is 3.23. The van der Waals surface area contributed by atoms with Crippen molar-refractivity contribution in [2.45, 2.75) is 25.5 Å². The number of hydrogen-bond donors (Lipinski definition) is 0. The summed E-state index contributed by atoms with van der Waals surface area (Å²) in [5, 5.41) is 11.7. The topological polar surface area (TPSA) is 127 Å². The molecule has 162 valence electrons. The van der Waals surface area contributed by atoms with E-state index in [4.69, 9.17) is 4.74 Å². The summed E-state index contributed by atoms with van der Waals surface area (Å²) in [6, 6.07) is 6.45. The maximum atomic E-state index is 12.2. The normalized spacial score (nSPS) is 15.1. The van der Waals surface area contributed by atoms with E-state index < -0.39 is 26.2 Å². The van der Waals surface area contributed by atoms with Gasteiger partial charge in [-0.05, 0) is 37.1 Å². The molecule has 0 atom stereocenters. The van der Waals surface area contributed by atoms with Crippen molar-refractivity contribution < 1.29 is 18.1 Å². The molecule has 1 aromatic heterocycles. The van der Waals surface area contributed by atoms with Gasteiger partial charge in [-0.15, -0.1) is 0 Å². The lowest BCUT2D eigenvalue weighted by Gasteiger charge is -2.29. The number of pyridine rings is 1. The first kappa shape index (κ1) is 20.9. The van der Waals surface area contributed by atoms with Crippen LogP contribution in [0.1, 0.15) is 30.9 Å². The molecule has 0 saturated carbocycles. The van der Waals surface area contributed by atoms with Gasteiger partial charge in [-0.1, -0.05) is 6.92 Å². The summed E-state index contributed by atoms with van der Waals surface area (Å²) in [6.07, 6.45) is 4.43. The quantitative estimate of drug-likeness (QED) is 0.475. The molecule has 2 aromatic rings. The van der Waals surface area contributed by atoms with Crippen LogP contribution in [-0.2, 0) is 15.6 Å². The Morgan fingerprint density at radius 1 is 1.29 bits per heavy atom. The van der Waals surface area contributed by atoms with E-state index in [1.165, 1.54) is 12.3 Å². The van der Waals surface area contributed by atoms with Crippen molar-refractivity contribution in [2.24, 2.45) is 9.98 Å². The SMILES string of the molecule is CCCS(=O)(=O)Cc1ccnc(Oc2ccc3c(c2)C2=NCCCN2C=N3)c1[N+](=O)[O-]. The first-order chi connectivity index (χ1) is 14.9. The molecule has 0 amide bonds. The van der Waals surface area contributed by atoms with Gasteiger partial charge in [-0.25, -0.2) is 18.4 Å². The zero-order chi connectivity index (χ0) is 22.0. The monoisotopic (exact) mass is 443 g/mol. The minimum Gasteiger partial charge on any atom is -0.434 e. The molecule has 0 saturated heterocycles. The Labute approximate surface area is 179 Å². The lowest BCUT2D eigenvalue weighted by atomic mass is 10.1. The average Bonchev–Trinajstić information content (AvgIpc) is 2.73. The highest BCUT2D eigenvalue weighted by Crippen LogP contribution is 2.36. The van der Waals surface area contributed by atoms with Crippen LogP contribution < -0.4 is 4.74 Å². The van der Waals surface area contributed by atoms with Crippen LogP contribution in [0.5, 0.6) is 11.6 Å². The highest BCUT2D eigenvalue weighted by molar-refractivity contribution is 7.90. The summed E-state index contributed by atoms with van der Waals surface area (Å²) in [7, 11) is -3.48. The summed E-state index contributed by atoms with van der Waals surface area (Å²) in [6.45, 7) is 3.27. The van der Waals surface area contributed by atoms with Crippen LogP contribution in [0.2, 0.25) is 0 Å². The smallest absolute Gasteiger partial charge is 0.335 e. The second-order valence-corrected chi connectivity index (χ2v) is 9.43. The molecule has 2 aliphatic heterocycles. The summed E-state index contributed by atoms with van der Waals surface area (Å²) in [5.74, 6) is 0.362. The number of ether oxygens (including phenoxy) is 1. The Morgan fingerprint density at radius 2 is 2.13 bits per heavy atom. The van der Waals surface area contributed by atoms with Gasteiger partial charge in [0.1, 0.15) is 11.6 Å². The molecular weight excluding hydrogens is 422 g/mol. The Morgan fingerprint density at radius 3 is 2.90 bits per heavy atom. The number of hydrogen-bond acceptors (Lipinski definition) is 9. The van der Waals surface area contributed by atoms with Crippen molar-refractivity contribution in [2.75, 3.05) is 18.8 Å². The standard InChI is InChI=1S/C20H21N5O5S/c1-2-10-31(28,29)12-14-6-8-22-20(18(14)25(26)27)30-15-4-5-17-16(11-15)19-21-7-3-9-24(19)13-23-17/h4-6,8,11,13H,2-3,7,9-10,12H2,1H3. The Hall–Kier alpha value is -3.34. The van der Waals surface area contributed by atoms with E-state index in [-0.39, 0.29) is 17.2 Å². The highest BCUT2D eigenvalue weighted by atomic mass is 32.2. The van der Waals surface area contributed by atoms with E-state index in [2.05, 4.69) is 15.0 Å². The first-order valence-corrected chi connectivity index (χ1v) is 11.7. The van der Waals surface area contributed by atoms with Crippen LogP contribution >= 0.6 is 0 Å². The second kappa shape index (κ2) is 8.42. The third-order valence-corrected chi connectivity index (χ3v) is 6.68. The summed E-state index contributed by atoms with van der Waals surface area (Å²) < 4.78 is 30.2. The minimum atomic E-state index is -3.48. The number of aromatic nitrogens is 1. The van der Waals surface area contributed by atoms with Gasteiger partial charge in [-0.3, -0.25) is 15.1 Å². The van der Waals surface area contributed by atoms with Crippen molar-refractivity contribution in [1.29, 1.82) is 0 Å². The Balaban J connectivity index is 1.69. The van der Waals surface area contributed by atoms with Gasteiger partial charge in [0.05, 0.1) is 34.0 Å². The van der Waals surface area contributed by atoms with Gasteiger partial charge in [0.2, 0.25) is 0 Å². The van der Waals surface area contributed by atoms with Crippen LogP contribution in [0.4, 0.5) is 11.4 Å². The Kier molecular flexibility index (Phi) is 5.68. The molecule has 4 rings (SSSR count). The fourth-order valence-electron chi connectivity index (χ4n) is 3.57. The molecular formula is C20H21N5O5S. The van der Waals surface area contributed by atoms with E-state index in [0.29, 0.717) is 18.7 Å². The zero-order valence-electron chi connectivity index (χ0n) is 16.9. The number of rotatable bonds is 7. The van der Waals surface area contributed by atoms with Gasteiger partial charge in [0, 0.05) is 24.8 Å². The van der Waals surface area contributed by atoms with E-state index in [1.807, 2.05) is 4.90 Å². The third kappa shape index (κ3) is 4.41. The number of amidine groups is 1.